The first-order valence-electron chi connectivity index (χ1n) is 4.21. The van der Waals surface area contributed by atoms with E-state index in [9.17, 15) is 8.42 Å². The second kappa shape index (κ2) is 3.44. The van der Waals surface area contributed by atoms with Gasteiger partial charge in [0.2, 0.25) is 0 Å². The Bertz CT molecular complexity index is 289. The summed E-state index contributed by atoms with van der Waals surface area (Å²) < 4.78 is 22.7. The first-order valence-corrected chi connectivity index (χ1v) is 5.93. The van der Waals surface area contributed by atoms with Crippen molar-refractivity contribution in [3.05, 3.63) is 0 Å². The fourth-order valence-corrected chi connectivity index (χ4v) is 3.11. The fourth-order valence-electron chi connectivity index (χ4n) is 1.62. The summed E-state index contributed by atoms with van der Waals surface area (Å²) in [6.45, 7) is 1.66. The molecule has 1 aliphatic rings. The largest absolute Gasteiger partial charge is 0.229 e. The molecule has 0 bridgehead atoms. The predicted molar refractivity (Wildman–Crippen MR) is 46.2 cm³/mol. The lowest BCUT2D eigenvalue weighted by Crippen LogP contribution is -2.19. The van der Waals surface area contributed by atoms with Crippen LogP contribution in [0.4, 0.5) is 0 Å². The van der Waals surface area contributed by atoms with E-state index in [-0.39, 0.29) is 16.9 Å². The normalized spacial score (nSPS) is 30.0. The van der Waals surface area contributed by atoms with Gasteiger partial charge in [-0.2, -0.15) is 5.26 Å². The number of hydrogen-bond acceptors (Lipinski definition) is 3. The Morgan fingerprint density at radius 1 is 1.50 bits per heavy atom. The van der Waals surface area contributed by atoms with Crippen molar-refractivity contribution < 1.29 is 8.42 Å². The molecule has 4 heteroatoms. The maximum absolute atomic E-state index is 11.4. The lowest BCUT2D eigenvalue weighted by atomic mass is 10.1. The van der Waals surface area contributed by atoms with E-state index in [1.807, 2.05) is 0 Å². The summed E-state index contributed by atoms with van der Waals surface area (Å²) in [5.41, 5.74) is 0. The zero-order valence-corrected chi connectivity index (χ0v) is 7.97. The summed E-state index contributed by atoms with van der Waals surface area (Å²) in [5, 5.41) is 8.33. The quantitative estimate of drug-likeness (QED) is 0.650. The Labute approximate surface area is 73.3 Å². The Kier molecular flexibility index (Phi) is 2.73. The van der Waals surface area contributed by atoms with Gasteiger partial charge in [0.15, 0.2) is 9.84 Å². The molecule has 0 saturated heterocycles. The number of hydrogen-bond donors (Lipinski definition) is 0. The van der Waals surface area contributed by atoms with Gasteiger partial charge in [-0.05, 0) is 19.3 Å². The van der Waals surface area contributed by atoms with Crippen LogP contribution in [0.25, 0.3) is 0 Å². The number of sulfone groups is 1. The molecule has 0 aromatic heterocycles. The standard InChI is InChI=1S/C8H13NO2S/c1-2-12(10,11)8-4-3-7(5-8)6-9/h7-8H,2-5H2,1H3/t7-,8+/m1/s1. The van der Waals surface area contributed by atoms with Gasteiger partial charge >= 0.3 is 0 Å². The molecular weight excluding hydrogens is 174 g/mol. The van der Waals surface area contributed by atoms with Crippen LogP contribution < -0.4 is 0 Å². The van der Waals surface area contributed by atoms with Crippen molar-refractivity contribution in [2.45, 2.75) is 31.4 Å². The van der Waals surface area contributed by atoms with Crippen molar-refractivity contribution in [1.29, 1.82) is 5.26 Å². The van der Waals surface area contributed by atoms with Crippen LogP contribution in [0.1, 0.15) is 26.2 Å². The fraction of sp³-hybridized carbons (Fsp3) is 0.875. The van der Waals surface area contributed by atoms with Gasteiger partial charge in [0, 0.05) is 11.7 Å². The third kappa shape index (κ3) is 1.78. The lowest BCUT2D eigenvalue weighted by Gasteiger charge is -2.07. The first-order chi connectivity index (χ1) is 5.60. The zero-order chi connectivity index (χ0) is 9.19. The van der Waals surface area contributed by atoms with Gasteiger partial charge in [0.25, 0.3) is 0 Å². The van der Waals surface area contributed by atoms with Gasteiger partial charge < -0.3 is 0 Å². The van der Waals surface area contributed by atoms with E-state index < -0.39 is 9.84 Å². The maximum Gasteiger partial charge on any atom is 0.152 e. The Morgan fingerprint density at radius 2 is 2.17 bits per heavy atom. The predicted octanol–water partition coefficient (Wildman–Crippen LogP) is 1.11. The van der Waals surface area contributed by atoms with Gasteiger partial charge in [-0.25, -0.2) is 8.42 Å². The molecule has 1 saturated carbocycles. The maximum atomic E-state index is 11.4. The first kappa shape index (κ1) is 9.53. The van der Waals surface area contributed by atoms with Gasteiger partial charge in [-0.1, -0.05) is 6.92 Å². The van der Waals surface area contributed by atoms with Crippen molar-refractivity contribution in [1.82, 2.24) is 0 Å². The molecule has 2 atom stereocenters. The van der Waals surface area contributed by atoms with Crippen LogP contribution in [-0.2, 0) is 9.84 Å². The molecule has 0 radical (unpaired) electrons. The van der Waals surface area contributed by atoms with Crippen LogP contribution >= 0.6 is 0 Å². The second-order valence-corrected chi connectivity index (χ2v) is 5.78. The minimum absolute atomic E-state index is 0.0312. The molecule has 0 aromatic rings. The van der Waals surface area contributed by atoms with Gasteiger partial charge in [-0.15, -0.1) is 0 Å². The molecular formula is C8H13NO2S. The summed E-state index contributed by atoms with van der Waals surface area (Å²) in [6, 6.07) is 2.13. The average Bonchev–Trinajstić information content (AvgIpc) is 2.52. The topological polar surface area (TPSA) is 57.9 Å². The Hall–Kier alpha value is -0.560. The SMILES string of the molecule is CCS(=O)(=O)[C@H]1CC[C@@H](C#N)C1. The van der Waals surface area contributed by atoms with E-state index in [0.29, 0.717) is 12.8 Å². The van der Waals surface area contributed by atoms with Crippen LogP contribution in [0.5, 0.6) is 0 Å². The number of nitrogens with zero attached hydrogens (tertiary/aromatic N) is 1. The van der Waals surface area contributed by atoms with Crippen molar-refractivity contribution >= 4 is 9.84 Å². The van der Waals surface area contributed by atoms with E-state index in [2.05, 4.69) is 6.07 Å². The van der Waals surface area contributed by atoms with Crippen molar-refractivity contribution in [2.24, 2.45) is 5.92 Å². The highest BCUT2D eigenvalue weighted by atomic mass is 32.2. The average molecular weight is 187 g/mol. The van der Waals surface area contributed by atoms with Gasteiger partial charge in [0.05, 0.1) is 11.3 Å². The molecule has 3 nitrogen and oxygen atoms in total. The highest BCUT2D eigenvalue weighted by molar-refractivity contribution is 7.92. The van der Waals surface area contributed by atoms with Crippen molar-refractivity contribution in [2.75, 3.05) is 5.75 Å². The summed E-state index contributed by atoms with van der Waals surface area (Å²) in [5.74, 6) is 0.173. The summed E-state index contributed by atoms with van der Waals surface area (Å²) in [6.07, 6.45) is 1.97. The van der Waals surface area contributed by atoms with Crippen molar-refractivity contribution in [3.63, 3.8) is 0 Å². The molecule has 68 valence electrons. The summed E-state index contributed by atoms with van der Waals surface area (Å²) in [4.78, 5) is 0. The summed E-state index contributed by atoms with van der Waals surface area (Å²) in [7, 11) is -2.89. The number of rotatable bonds is 2. The van der Waals surface area contributed by atoms with E-state index in [0.717, 1.165) is 6.42 Å². The van der Waals surface area contributed by atoms with Crippen LogP contribution in [0.3, 0.4) is 0 Å². The molecule has 0 spiro atoms. The lowest BCUT2D eigenvalue weighted by molar-refractivity contribution is 0.579. The summed E-state index contributed by atoms with van der Waals surface area (Å²) >= 11 is 0. The molecule has 0 heterocycles. The van der Waals surface area contributed by atoms with Crippen LogP contribution in [0.15, 0.2) is 0 Å². The molecule has 1 aliphatic carbocycles. The van der Waals surface area contributed by atoms with E-state index in [4.69, 9.17) is 5.26 Å². The molecule has 0 unspecified atom stereocenters. The van der Waals surface area contributed by atoms with Gasteiger partial charge in [0.1, 0.15) is 0 Å². The third-order valence-electron chi connectivity index (χ3n) is 2.48. The zero-order valence-electron chi connectivity index (χ0n) is 7.16. The number of nitriles is 1. The van der Waals surface area contributed by atoms with E-state index >= 15 is 0 Å². The molecule has 0 N–H and O–H groups in total. The Morgan fingerprint density at radius 3 is 2.58 bits per heavy atom. The van der Waals surface area contributed by atoms with E-state index in [1.54, 1.807) is 6.92 Å². The van der Waals surface area contributed by atoms with Crippen LogP contribution in [0, 0.1) is 17.2 Å². The molecule has 0 aromatic carbocycles. The highest BCUT2D eigenvalue weighted by Gasteiger charge is 2.32. The monoisotopic (exact) mass is 187 g/mol. The van der Waals surface area contributed by atoms with E-state index in [1.165, 1.54) is 0 Å². The van der Waals surface area contributed by atoms with Crippen molar-refractivity contribution in [3.8, 4) is 6.07 Å². The Balaban J connectivity index is 2.66. The highest BCUT2D eigenvalue weighted by Crippen LogP contribution is 2.29. The molecule has 1 fully saturated rings. The molecule has 0 amide bonds. The molecule has 1 rings (SSSR count). The smallest absolute Gasteiger partial charge is 0.152 e. The van der Waals surface area contributed by atoms with Crippen LogP contribution in [-0.4, -0.2) is 19.4 Å². The minimum atomic E-state index is -2.89. The minimum Gasteiger partial charge on any atom is -0.229 e. The molecule has 0 aliphatic heterocycles. The van der Waals surface area contributed by atoms with Gasteiger partial charge in [-0.3, -0.25) is 0 Å². The third-order valence-corrected chi connectivity index (χ3v) is 4.73. The molecule has 12 heavy (non-hydrogen) atoms. The second-order valence-electron chi connectivity index (χ2n) is 3.21. The van der Waals surface area contributed by atoms with Crippen LogP contribution in [0.2, 0.25) is 0 Å².